The number of carbonyl (C=O) groups is 2. The van der Waals surface area contributed by atoms with E-state index in [9.17, 15) is 9.59 Å². The average Bonchev–Trinajstić information content (AvgIpc) is 3.13. The first-order valence-corrected chi connectivity index (χ1v) is 6.30. The number of rotatable bonds is 4. The van der Waals surface area contributed by atoms with Gasteiger partial charge in [0.2, 0.25) is 0 Å². The lowest BCUT2D eigenvalue weighted by Crippen LogP contribution is -2.30. The van der Waals surface area contributed by atoms with E-state index in [2.05, 4.69) is 16.0 Å². The second-order valence-corrected chi connectivity index (χ2v) is 4.32. The summed E-state index contributed by atoms with van der Waals surface area (Å²) < 4.78 is 5.05. The minimum Gasteiger partial charge on any atom is -0.410 e. The highest BCUT2D eigenvalue weighted by molar-refractivity contribution is 5.89. The van der Waals surface area contributed by atoms with Gasteiger partial charge >= 0.3 is 12.1 Å². The smallest absolute Gasteiger partial charge is 0.410 e. The normalized spacial score (nSPS) is 13.5. The van der Waals surface area contributed by atoms with Gasteiger partial charge in [-0.2, -0.15) is 0 Å². The van der Waals surface area contributed by atoms with Crippen LogP contribution >= 0.6 is 0 Å². The third-order valence-electron chi connectivity index (χ3n) is 2.54. The summed E-state index contributed by atoms with van der Waals surface area (Å²) in [7, 11) is 0. The predicted octanol–water partition coefficient (Wildman–Crippen LogP) is 2.08. The van der Waals surface area contributed by atoms with Crippen LogP contribution in [0, 0.1) is 0 Å². The molecule has 6 nitrogen and oxygen atoms in total. The van der Waals surface area contributed by atoms with Crippen molar-refractivity contribution in [2.45, 2.75) is 25.8 Å². The van der Waals surface area contributed by atoms with Crippen molar-refractivity contribution < 1.29 is 14.3 Å². The van der Waals surface area contributed by atoms with Crippen molar-refractivity contribution in [1.29, 1.82) is 0 Å². The topological polar surface area (TPSA) is 79.5 Å². The summed E-state index contributed by atoms with van der Waals surface area (Å²) in [5.74, 6) is 0.384. The van der Waals surface area contributed by atoms with Gasteiger partial charge in [0.25, 0.3) is 0 Å². The van der Waals surface area contributed by atoms with Gasteiger partial charge in [0.05, 0.1) is 0 Å². The third-order valence-corrected chi connectivity index (χ3v) is 2.54. The Hall–Kier alpha value is -2.24. The fourth-order valence-corrected chi connectivity index (χ4v) is 1.51. The summed E-state index contributed by atoms with van der Waals surface area (Å²) in [5, 5.41) is 8.04. The maximum absolute atomic E-state index is 11.6. The molecule has 1 aromatic carbocycles. The Balaban J connectivity index is 1.90. The Kier molecular flexibility index (Phi) is 4.22. The molecule has 102 valence electrons. The first kappa shape index (κ1) is 13.2. The SMILES string of the molecule is CCNC(=O)Oc1cccc(NC(=O)NC2CC2)c1. The minimum absolute atomic E-state index is 0.238. The van der Waals surface area contributed by atoms with Crippen molar-refractivity contribution in [3.05, 3.63) is 24.3 Å². The van der Waals surface area contributed by atoms with Crippen LogP contribution in [-0.2, 0) is 0 Å². The van der Waals surface area contributed by atoms with Crippen molar-refractivity contribution in [3.8, 4) is 5.75 Å². The molecule has 0 radical (unpaired) electrons. The van der Waals surface area contributed by atoms with Gasteiger partial charge in [-0.25, -0.2) is 9.59 Å². The summed E-state index contributed by atoms with van der Waals surface area (Å²) in [6.45, 7) is 2.31. The molecule has 1 aliphatic carbocycles. The van der Waals surface area contributed by atoms with E-state index in [0.29, 0.717) is 24.0 Å². The lowest BCUT2D eigenvalue weighted by molar-refractivity contribution is 0.201. The van der Waals surface area contributed by atoms with Crippen molar-refractivity contribution in [1.82, 2.24) is 10.6 Å². The number of urea groups is 1. The lowest BCUT2D eigenvalue weighted by atomic mass is 10.3. The number of hydrogen-bond donors (Lipinski definition) is 3. The first-order valence-electron chi connectivity index (χ1n) is 6.30. The summed E-state index contributed by atoms with van der Waals surface area (Å²) in [6.07, 6.45) is 1.56. The maximum atomic E-state index is 11.6. The molecule has 0 unspecified atom stereocenters. The maximum Gasteiger partial charge on any atom is 0.412 e. The third kappa shape index (κ3) is 4.50. The van der Waals surface area contributed by atoms with Crippen LogP contribution in [0.3, 0.4) is 0 Å². The van der Waals surface area contributed by atoms with Gasteiger partial charge in [0.1, 0.15) is 5.75 Å². The molecule has 6 heteroatoms. The van der Waals surface area contributed by atoms with Crippen molar-refractivity contribution >= 4 is 17.8 Å². The summed E-state index contributed by atoms with van der Waals surface area (Å²) in [6, 6.07) is 6.76. The molecule has 1 fully saturated rings. The highest BCUT2D eigenvalue weighted by Gasteiger charge is 2.23. The molecule has 0 bridgehead atoms. The number of nitrogens with one attached hydrogen (secondary N) is 3. The minimum atomic E-state index is -0.512. The fraction of sp³-hybridized carbons (Fsp3) is 0.385. The van der Waals surface area contributed by atoms with Crippen molar-refractivity contribution in [3.63, 3.8) is 0 Å². The highest BCUT2D eigenvalue weighted by atomic mass is 16.6. The molecule has 3 N–H and O–H groups in total. The first-order chi connectivity index (χ1) is 9.17. The van der Waals surface area contributed by atoms with Crippen molar-refractivity contribution in [2.24, 2.45) is 0 Å². The molecule has 2 rings (SSSR count). The van der Waals surface area contributed by atoms with Crippen LogP contribution in [0.2, 0.25) is 0 Å². The number of hydrogen-bond acceptors (Lipinski definition) is 3. The highest BCUT2D eigenvalue weighted by Crippen LogP contribution is 2.20. The number of anilines is 1. The van der Waals surface area contributed by atoms with Gasteiger partial charge in [0.15, 0.2) is 0 Å². The molecule has 1 aliphatic rings. The second-order valence-electron chi connectivity index (χ2n) is 4.32. The van der Waals surface area contributed by atoms with Crippen LogP contribution in [0.1, 0.15) is 19.8 Å². The molecule has 3 amide bonds. The van der Waals surface area contributed by atoms with Crippen LogP contribution in [0.5, 0.6) is 5.75 Å². The van der Waals surface area contributed by atoms with E-state index in [1.54, 1.807) is 31.2 Å². The molecule has 0 heterocycles. The van der Waals surface area contributed by atoms with Gasteiger partial charge in [0, 0.05) is 24.3 Å². The molecule has 19 heavy (non-hydrogen) atoms. The quantitative estimate of drug-likeness (QED) is 0.778. The zero-order valence-corrected chi connectivity index (χ0v) is 10.7. The number of ether oxygens (including phenoxy) is 1. The summed E-state index contributed by atoms with van der Waals surface area (Å²) in [4.78, 5) is 22.8. The van der Waals surface area contributed by atoms with Crippen LogP contribution in [0.15, 0.2) is 24.3 Å². The molecule has 0 aromatic heterocycles. The second kappa shape index (κ2) is 6.08. The summed E-state index contributed by atoms with van der Waals surface area (Å²) >= 11 is 0. The Bertz CT molecular complexity index is 472. The van der Waals surface area contributed by atoms with Gasteiger partial charge < -0.3 is 20.7 Å². The van der Waals surface area contributed by atoms with Gasteiger partial charge in [-0.1, -0.05) is 6.07 Å². The monoisotopic (exact) mass is 263 g/mol. The van der Waals surface area contributed by atoms with E-state index in [0.717, 1.165) is 12.8 Å². The number of carbonyl (C=O) groups excluding carboxylic acids is 2. The lowest BCUT2D eigenvalue weighted by Gasteiger charge is -2.09. The standard InChI is InChI=1S/C13H17N3O3/c1-2-14-13(18)19-11-5-3-4-10(8-11)16-12(17)15-9-6-7-9/h3-5,8-9H,2,6-7H2,1H3,(H,14,18)(H2,15,16,17). The molecule has 1 aromatic rings. The Morgan fingerprint density at radius 1 is 1.37 bits per heavy atom. The van der Waals surface area contributed by atoms with Crippen LogP contribution in [0.4, 0.5) is 15.3 Å². The average molecular weight is 263 g/mol. The van der Waals surface area contributed by atoms with Gasteiger partial charge in [-0.15, -0.1) is 0 Å². The number of benzene rings is 1. The molecule has 1 saturated carbocycles. The van der Waals surface area contributed by atoms with E-state index < -0.39 is 6.09 Å². The largest absolute Gasteiger partial charge is 0.412 e. The van der Waals surface area contributed by atoms with Crippen molar-refractivity contribution in [2.75, 3.05) is 11.9 Å². The van der Waals surface area contributed by atoms with E-state index in [-0.39, 0.29) is 6.03 Å². The predicted molar refractivity (Wildman–Crippen MR) is 71.3 cm³/mol. The van der Waals surface area contributed by atoms with E-state index in [1.807, 2.05) is 0 Å². The number of amides is 3. The molecule has 0 aliphatic heterocycles. The van der Waals surface area contributed by atoms with Crippen LogP contribution in [-0.4, -0.2) is 24.7 Å². The zero-order valence-electron chi connectivity index (χ0n) is 10.7. The van der Waals surface area contributed by atoms with Crippen LogP contribution in [0.25, 0.3) is 0 Å². The fourth-order valence-electron chi connectivity index (χ4n) is 1.51. The Labute approximate surface area is 111 Å². The van der Waals surface area contributed by atoms with E-state index in [1.165, 1.54) is 0 Å². The van der Waals surface area contributed by atoms with Gasteiger partial charge in [-0.05, 0) is 31.9 Å². The molecular weight excluding hydrogens is 246 g/mol. The molecular formula is C13H17N3O3. The Morgan fingerprint density at radius 2 is 2.16 bits per heavy atom. The Morgan fingerprint density at radius 3 is 2.84 bits per heavy atom. The summed E-state index contributed by atoms with van der Waals surface area (Å²) in [5.41, 5.74) is 0.583. The van der Waals surface area contributed by atoms with E-state index >= 15 is 0 Å². The van der Waals surface area contributed by atoms with Crippen LogP contribution < -0.4 is 20.7 Å². The van der Waals surface area contributed by atoms with Gasteiger partial charge in [-0.3, -0.25) is 0 Å². The molecule has 0 spiro atoms. The molecule has 0 saturated heterocycles. The molecule has 0 atom stereocenters. The van der Waals surface area contributed by atoms with E-state index in [4.69, 9.17) is 4.74 Å². The zero-order chi connectivity index (χ0) is 13.7.